The summed E-state index contributed by atoms with van der Waals surface area (Å²) < 4.78 is 5.17. The van der Waals surface area contributed by atoms with E-state index >= 15 is 0 Å². The van der Waals surface area contributed by atoms with Crippen molar-refractivity contribution in [1.82, 2.24) is 5.32 Å². The Balaban J connectivity index is 1.66. The first-order chi connectivity index (χ1) is 11.9. The zero-order chi connectivity index (χ0) is 18.1. The van der Waals surface area contributed by atoms with Gasteiger partial charge in [-0.1, -0.05) is 91.6 Å². The van der Waals surface area contributed by atoms with Crippen molar-refractivity contribution in [3.05, 3.63) is 71.8 Å². The number of rotatable bonds is 7. The Kier molecular flexibility index (Phi) is 7.01. The Morgan fingerprint density at radius 3 is 2.36 bits per heavy atom. The van der Waals surface area contributed by atoms with Crippen LogP contribution in [-0.4, -0.2) is 20.7 Å². The van der Waals surface area contributed by atoms with E-state index in [1.54, 1.807) is 0 Å². The first kappa shape index (κ1) is 19.0. The molecule has 0 saturated carbocycles. The molecule has 1 amide bonds. The van der Waals surface area contributed by atoms with E-state index < -0.39 is 8.07 Å². The minimum absolute atomic E-state index is 0.298. The number of carbonyl (C=O) groups is 1. The average molecular weight is 354 g/mol. The molecule has 0 spiro atoms. The number of hydrogen-bond donors (Lipinski definition) is 1. The van der Waals surface area contributed by atoms with Gasteiger partial charge in [-0.2, -0.15) is 0 Å². The molecule has 4 heteroatoms. The SMILES string of the molecule is C[Si](C)(C)c1ccc(C=CCCNC(=O)OCc2ccccc2)cc1. The number of hydrogen-bond acceptors (Lipinski definition) is 2. The van der Waals surface area contributed by atoms with E-state index in [0.29, 0.717) is 13.2 Å². The molecule has 0 fully saturated rings. The molecule has 3 nitrogen and oxygen atoms in total. The molecule has 0 aliphatic rings. The number of alkyl carbamates (subject to hydrolysis) is 1. The van der Waals surface area contributed by atoms with Crippen molar-refractivity contribution in [2.24, 2.45) is 0 Å². The van der Waals surface area contributed by atoms with Crippen molar-refractivity contribution < 1.29 is 9.53 Å². The lowest BCUT2D eigenvalue weighted by atomic mass is 10.2. The largest absolute Gasteiger partial charge is 0.445 e. The molecule has 0 radical (unpaired) electrons. The Labute approximate surface area is 151 Å². The van der Waals surface area contributed by atoms with Crippen LogP contribution in [0.3, 0.4) is 0 Å². The molecule has 0 unspecified atom stereocenters. The van der Waals surface area contributed by atoms with Crippen molar-refractivity contribution >= 4 is 25.4 Å². The highest BCUT2D eigenvalue weighted by atomic mass is 28.3. The van der Waals surface area contributed by atoms with E-state index in [4.69, 9.17) is 4.74 Å². The fourth-order valence-electron chi connectivity index (χ4n) is 2.35. The number of nitrogens with one attached hydrogen (secondary N) is 1. The maximum absolute atomic E-state index is 11.6. The third kappa shape index (κ3) is 6.97. The molecule has 2 aromatic carbocycles. The monoisotopic (exact) mass is 353 g/mol. The van der Waals surface area contributed by atoms with Crippen LogP contribution in [0, 0.1) is 0 Å². The van der Waals surface area contributed by atoms with Crippen LogP contribution in [0.25, 0.3) is 6.08 Å². The second-order valence-corrected chi connectivity index (χ2v) is 12.1. The number of ether oxygens (including phenoxy) is 1. The Morgan fingerprint density at radius 2 is 1.72 bits per heavy atom. The molecule has 0 heterocycles. The Hall–Kier alpha value is -2.33. The zero-order valence-electron chi connectivity index (χ0n) is 15.3. The molecular formula is C21H27NO2Si. The van der Waals surface area contributed by atoms with Gasteiger partial charge in [0.1, 0.15) is 6.61 Å². The Bertz CT molecular complexity index is 688. The highest BCUT2D eigenvalue weighted by Crippen LogP contribution is 2.06. The molecule has 2 rings (SSSR count). The number of benzene rings is 2. The van der Waals surface area contributed by atoms with Gasteiger partial charge in [0.15, 0.2) is 0 Å². The van der Waals surface area contributed by atoms with Gasteiger partial charge in [-0.15, -0.1) is 0 Å². The highest BCUT2D eigenvalue weighted by Gasteiger charge is 2.15. The van der Waals surface area contributed by atoms with Crippen LogP contribution in [0.1, 0.15) is 17.5 Å². The van der Waals surface area contributed by atoms with Crippen molar-refractivity contribution in [2.75, 3.05) is 6.54 Å². The van der Waals surface area contributed by atoms with Crippen LogP contribution < -0.4 is 10.5 Å². The summed E-state index contributed by atoms with van der Waals surface area (Å²) in [5.41, 5.74) is 2.17. The molecule has 0 aromatic heterocycles. The maximum Gasteiger partial charge on any atom is 0.407 e. The van der Waals surface area contributed by atoms with Gasteiger partial charge in [0, 0.05) is 6.54 Å². The van der Waals surface area contributed by atoms with Gasteiger partial charge >= 0.3 is 6.09 Å². The summed E-state index contributed by atoms with van der Waals surface area (Å²) in [5.74, 6) is 0. The van der Waals surface area contributed by atoms with Crippen molar-refractivity contribution in [1.29, 1.82) is 0 Å². The minimum Gasteiger partial charge on any atom is -0.445 e. The van der Waals surface area contributed by atoms with Gasteiger partial charge in [0.2, 0.25) is 0 Å². The third-order valence-corrected chi connectivity index (χ3v) is 5.95. The summed E-state index contributed by atoms with van der Waals surface area (Å²) in [4.78, 5) is 11.6. The Morgan fingerprint density at radius 1 is 1.04 bits per heavy atom. The number of carbonyl (C=O) groups excluding carboxylic acids is 1. The van der Waals surface area contributed by atoms with Crippen LogP contribution in [0.4, 0.5) is 4.79 Å². The molecule has 0 aliphatic carbocycles. The summed E-state index contributed by atoms with van der Waals surface area (Å²) in [6, 6.07) is 18.4. The van der Waals surface area contributed by atoms with E-state index in [-0.39, 0.29) is 6.09 Å². The molecule has 25 heavy (non-hydrogen) atoms. The van der Waals surface area contributed by atoms with Gasteiger partial charge in [0.25, 0.3) is 0 Å². The van der Waals surface area contributed by atoms with Gasteiger partial charge < -0.3 is 10.1 Å². The van der Waals surface area contributed by atoms with E-state index in [9.17, 15) is 4.79 Å². The van der Waals surface area contributed by atoms with Gasteiger partial charge in [0.05, 0.1) is 8.07 Å². The number of amides is 1. The van der Waals surface area contributed by atoms with Crippen LogP contribution in [0.2, 0.25) is 19.6 Å². The first-order valence-corrected chi connectivity index (χ1v) is 12.2. The minimum atomic E-state index is -1.23. The second-order valence-electron chi connectivity index (χ2n) is 7.05. The lowest BCUT2D eigenvalue weighted by molar-refractivity contribution is 0.140. The quantitative estimate of drug-likeness (QED) is 0.585. The molecule has 1 N–H and O–H groups in total. The van der Waals surface area contributed by atoms with E-state index in [1.807, 2.05) is 30.3 Å². The normalized spacial score (nSPS) is 11.5. The summed E-state index contributed by atoms with van der Waals surface area (Å²) >= 11 is 0. The summed E-state index contributed by atoms with van der Waals surface area (Å²) in [5, 5.41) is 4.23. The van der Waals surface area contributed by atoms with Gasteiger partial charge in [-0.3, -0.25) is 0 Å². The second kappa shape index (κ2) is 9.23. The fraction of sp³-hybridized carbons (Fsp3) is 0.286. The predicted octanol–water partition coefficient (Wildman–Crippen LogP) is 4.56. The van der Waals surface area contributed by atoms with Crippen molar-refractivity contribution in [2.45, 2.75) is 32.7 Å². The third-order valence-electron chi connectivity index (χ3n) is 3.88. The average Bonchev–Trinajstić information content (AvgIpc) is 2.60. The zero-order valence-corrected chi connectivity index (χ0v) is 16.3. The fourth-order valence-corrected chi connectivity index (χ4v) is 3.51. The lowest BCUT2D eigenvalue weighted by Crippen LogP contribution is -2.37. The summed E-state index contributed by atoms with van der Waals surface area (Å²) in [6.45, 7) is 7.91. The summed E-state index contributed by atoms with van der Waals surface area (Å²) in [6.07, 6.45) is 4.55. The van der Waals surface area contributed by atoms with Crippen LogP contribution >= 0.6 is 0 Å². The molecular weight excluding hydrogens is 326 g/mol. The molecule has 0 saturated heterocycles. The smallest absolute Gasteiger partial charge is 0.407 e. The van der Waals surface area contributed by atoms with Crippen LogP contribution in [-0.2, 0) is 11.3 Å². The molecule has 0 aliphatic heterocycles. The van der Waals surface area contributed by atoms with Crippen LogP contribution in [0.15, 0.2) is 60.7 Å². The standard InChI is InChI=1S/C21H27NO2Si/c1-25(2,3)20-14-12-18(13-15-20)9-7-8-16-22-21(23)24-17-19-10-5-4-6-11-19/h4-7,9-15H,8,16-17H2,1-3H3,(H,22,23). The lowest BCUT2D eigenvalue weighted by Gasteiger charge is -2.16. The van der Waals surface area contributed by atoms with E-state index in [0.717, 1.165) is 12.0 Å². The molecule has 0 bridgehead atoms. The van der Waals surface area contributed by atoms with Crippen LogP contribution in [0.5, 0.6) is 0 Å². The maximum atomic E-state index is 11.6. The van der Waals surface area contributed by atoms with Crippen molar-refractivity contribution in [3.8, 4) is 0 Å². The first-order valence-electron chi connectivity index (χ1n) is 8.67. The van der Waals surface area contributed by atoms with Gasteiger partial charge in [-0.25, -0.2) is 4.79 Å². The molecule has 132 valence electrons. The van der Waals surface area contributed by atoms with E-state index in [2.05, 4.69) is 61.4 Å². The topological polar surface area (TPSA) is 38.3 Å². The van der Waals surface area contributed by atoms with E-state index in [1.165, 1.54) is 10.8 Å². The molecule has 2 aromatic rings. The highest BCUT2D eigenvalue weighted by molar-refractivity contribution is 6.88. The van der Waals surface area contributed by atoms with Crippen molar-refractivity contribution in [3.63, 3.8) is 0 Å². The summed E-state index contributed by atoms with van der Waals surface area (Å²) in [7, 11) is -1.23. The predicted molar refractivity (Wildman–Crippen MR) is 108 cm³/mol. The van der Waals surface area contributed by atoms with Gasteiger partial charge in [-0.05, 0) is 17.5 Å². The molecule has 0 atom stereocenters.